The molecule has 1 saturated heterocycles. The van der Waals surface area contributed by atoms with E-state index < -0.39 is 0 Å². The van der Waals surface area contributed by atoms with E-state index in [2.05, 4.69) is 5.32 Å². The maximum atomic E-state index is 12.6. The Morgan fingerprint density at radius 3 is 2.35 bits per heavy atom. The topological polar surface area (TPSA) is 41.6 Å². The van der Waals surface area contributed by atoms with E-state index >= 15 is 0 Å². The van der Waals surface area contributed by atoms with Crippen LogP contribution < -0.4 is 10.1 Å². The van der Waals surface area contributed by atoms with Crippen molar-refractivity contribution < 1.29 is 9.53 Å². The molecular formula is C21H27ClN2O2. The lowest BCUT2D eigenvalue weighted by Gasteiger charge is -2.32. The van der Waals surface area contributed by atoms with Crippen molar-refractivity contribution >= 4 is 18.3 Å². The zero-order valence-electron chi connectivity index (χ0n) is 15.2. The first-order chi connectivity index (χ1) is 12.3. The third-order valence-electron chi connectivity index (χ3n) is 4.74. The molecular weight excluding hydrogens is 348 g/mol. The minimum Gasteiger partial charge on any atom is -0.489 e. The highest BCUT2D eigenvalue weighted by Crippen LogP contribution is 2.19. The zero-order chi connectivity index (χ0) is 17.5. The summed E-state index contributed by atoms with van der Waals surface area (Å²) in [7, 11) is 1.99. The number of ether oxygens (including phenoxy) is 1. The second-order valence-electron chi connectivity index (χ2n) is 6.59. The van der Waals surface area contributed by atoms with Crippen LogP contribution in [0.1, 0.15) is 28.8 Å². The summed E-state index contributed by atoms with van der Waals surface area (Å²) in [5.74, 6) is 1.68. The lowest BCUT2D eigenvalue weighted by Crippen LogP contribution is -2.40. The van der Waals surface area contributed by atoms with Gasteiger partial charge >= 0.3 is 0 Å². The van der Waals surface area contributed by atoms with Crippen LogP contribution in [0.5, 0.6) is 5.75 Å². The number of nitrogens with zero attached hydrogens (tertiary/aromatic N) is 1. The summed E-state index contributed by atoms with van der Waals surface area (Å²) in [5.41, 5.74) is 1.82. The summed E-state index contributed by atoms with van der Waals surface area (Å²) in [6.45, 7) is 3.25. The van der Waals surface area contributed by atoms with Gasteiger partial charge in [-0.3, -0.25) is 4.79 Å². The minimum atomic E-state index is 0. The number of benzene rings is 2. The number of piperidine rings is 1. The number of hydrogen-bond donors (Lipinski definition) is 1. The van der Waals surface area contributed by atoms with Crippen LogP contribution in [-0.4, -0.2) is 37.5 Å². The van der Waals surface area contributed by atoms with Gasteiger partial charge in [0.1, 0.15) is 12.4 Å². The van der Waals surface area contributed by atoms with Gasteiger partial charge in [-0.15, -0.1) is 12.4 Å². The van der Waals surface area contributed by atoms with Gasteiger partial charge in [-0.05, 0) is 62.2 Å². The molecule has 0 spiro atoms. The van der Waals surface area contributed by atoms with Gasteiger partial charge in [0.15, 0.2) is 0 Å². The lowest BCUT2D eigenvalue weighted by molar-refractivity contribution is 0.0691. The summed E-state index contributed by atoms with van der Waals surface area (Å²) < 4.78 is 5.74. The molecule has 4 nitrogen and oxygen atoms in total. The monoisotopic (exact) mass is 374 g/mol. The maximum Gasteiger partial charge on any atom is 0.253 e. The van der Waals surface area contributed by atoms with Crippen molar-refractivity contribution in [3.63, 3.8) is 0 Å². The summed E-state index contributed by atoms with van der Waals surface area (Å²) in [5, 5.41) is 3.23. The summed E-state index contributed by atoms with van der Waals surface area (Å²) >= 11 is 0. The fourth-order valence-corrected chi connectivity index (χ4v) is 3.24. The average molecular weight is 375 g/mol. The first-order valence-electron chi connectivity index (χ1n) is 8.97. The molecule has 0 saturated carbocycles. The molecule has 1 aliphatic rings. The van der Waals surface area contributed by atoms with Gasteiger partial charge in [0.25, 0.3) is 5.91 Å². The molecule has 0 radical (unpaired) electrons. The van der Waals surface area contributed by atoms with Crippen LogP contribution in [0.4, 0.5) is 0 Å². The molecule has 0 unspecified atom stereocenters. The lowest BCUT2D eigenvalue weighted by atomic mass is 9.96. The van der Waals surface area contributed by atoms with Crippen molar-refractivity contribution in [2.45, 2.75) is 19.4 Å². The summed E-state index contributed by atoms with van der Waals surface area (Å²) in [6.07, 6.45) is 2.16. The van der Waals surface area contributed by atoms with Crippen molar-refractivity contribution in [1.82, 2.24) is 10.2 Å². The Morgan fingerprint density at radius 1 is 1.08 bits per heavy atom. The SMILES string of the molecule is CNCC1CCN(C(=O)c2ccc(COc3ccccc3)cc2)CC1.Cl. The van der Waals surface area contributed by atoms with Gasteiger partial charge in [-0.25, -0.2) is 0 Å². The van der Waals surface area contributed by atoms with Crippen molar-refractivity contribution in [3.05, 3.63) is 65.7 Å². The van der Waals surface area contributed by atoms with Gasteiger partial charge in [-0.1, -0.05) is 30.3 Å². The van der Waals surface area contributed by atoms with Crippen LogP contribution in [-0.2, 0) is 6.61 Å². The molecule has 1 N–H and O–H groups in total. The number of hydrogen-bond acceptors (Lipinski definition) is 3. The van der Waals surface area contributed by atoms with E-state index in [0.29, 0.717) is 12.5 Å². The average Bonchev–Trinajstić information content (AvgIpc) is 2.68. The second kappa shape index (κ2) is 10.2. The third-order valence-corrected chi connectivity index (χ3v) is 4.74. The van der Waals surface area contributed by atoms with Gasteiger partial charge in [0.2, 0.25) is 0 Å². The Bertz CT molecular complexity index is 668. The maximum absolute atomic E-state index is 12.6. The van der Waals surface area contributed by atoms with Crippen molar-refractivity contribution in [2.75, 3.05) is 26.7 Å². The molecule has 1 fully saturated rings. The van der Waals surface area contributed by atoms with Crippen LogP contribution in [0, 0.1) is 5.92 Å². The zero-order valence-corrected chi connectivity index (χ0v) is 16.0. The molecule has 5 heteroatoms. The number of rotatable bonds is 6. The minimum absolute atomic E-state index is 0. The molecule has 26 heavy (non-hydrogen) atoms. The molecule has 2 aromatic rings. The highest BCUT2D eigenvalue weighted by Gasteiger charge is 2.23. The normalized spacial score (nSPS) is 14.6. The number of carbonyl (C=O) groups excluding carboxylic acids is 1. The van der Waals surface area contributed by atoms with E-state index in [-0.39, 0.29) is 18.3 Å². The van der Waals surface area contributed by atoms with E-state index in [0.717, 1.165) is 49.4 Å². The van der Waals surface area contributed by atoms with Crippen molar-refractivity contribution in [1.29, 1.82) is 0 Å². The predicted octanol–water partition coefficient (Wildman–Crippen LogP) is 3.76. The fourth-order valence-electron chi connectivity index (χ4n) is 3.24. The first kappa shape index (κ1) is 20.3. The van der Waals surface area contributed by atoms with Gasteiger partial charge < -0.3 is 15.0 Å². The molecule has 0 bridgehead atoms. The smallest absolute Gasteiger partial charge is 0.253 e. The quantitative estimate of drug-likeness (QED) is 0.837. The van der Waals surface area contributed by atoms with Gasteiger partial charge in [0, 0.05) is 18.7 Å². The number of carbonyl (C=O) groups is 1. The molecule has 2 aromatic carbocycles. The third kappa shape index (κ3) is 5.48. The Morgan fingerprint density at radius 2 is 1.73 bits per heavy atom. The molecule has 0 atom stereocenters. The number of para-hydroxylation sites is 1. The van der Waals surface area contributed by atoms with Crippen LogP contribution in [0.2, 0.25) is 0 Å². The van der Waals surface area contributed by atoms with E-state index in [9.17, 15) is 4.79 Å². The number of halogens is 1. The van der Waals surface area contributed by atoms with E-state index in [1.165, 1.54) is 0 Å². The van der Waals surface area contributed by atoms with E-state index in [1.807, 2.05) is 66.5 Å². The van der Waals surface area contributed by atoms with Crippen LogP contribution in [0.15, 0.2) is 54.6 Å². The summed E-state index contributed by atoms with van der Waals surface area (Å²) in [6, 6.07) is 17.5. The second-order valence-corrected chi connectivity index (χ2v) is 6.59. The fraction of sp³-hybridized carbons (Fsp3) is 0.381. The predicted molar refractivity (Wildman–Crippen MR) is 107 cm³/mol. The first-order valence-corrected chi connectivity index (χ1v) is 8.97. The number of nitrogens with one attached hydrogen (secondary N) is 1. The summed E-state index contributed by atoms with van der Waals surface area (Å²) in [4.78, 5) is 14.6. The molecule has 1 heterocycles. The largest absolute Gasteiger partial charge is 0.489 e. The Kier molecular flexibility index (Phi) is 7.95. The van der Waals surface area contributed by atoms with Gasteiger partial charge in [-0.2, -0.15) is 0 Å². The molecule has 0 aromatic heterocycles. The van der Waals surface area contributed by atoms with Crippen molar-refractivity contribution in [2.24, 2.45) is 5.92 Å². The number of amides is 1. The highest BCUT2D eigenvalue weighted by molar-refractivity contribution is 5.94. The molecule has 140 valence electrons. The molecule has 1 aliphatic heterocycles. The van der Waals surface area contributed by atoms with Crippen LogP contribution >= 0.6 is 12.4 Å². The number of likely N-dealkylation sites (tertiary alicyclic amines) is 1. The Labute approximate surface area is 162 Å². The Balaban J connectivity index is 0.00000243. The van der Waals surface area contributed by atoms with E-state index in [4.69, 9.17) is 4.74 Å². The van der Waals surface area contributed by atoms with Crippen LogP contribution in [0.25, 0.3) is 0 Å². The van der Waals surface area contributed by atoms with Gasteiger partial charge in [0.05, 0.1) is 0 Å². The van der Waals surface area contributed by atoms with Crippen LogP contribution in [0.3, 0.4) is 0 Å². The van der Waals surface area contributed by atoms with E-state index in [1.54, 1.807) is 0 Å². The highest BCUT2D eigenvalue weighted by atomic mass is 35.5. The molecule has 0 aliphatic carbocycles. The molecule has 3 rings (SSSR count). The molecule has 1 amide bonds. The van der Waals surface area contributed by atoms with Crippen molar-refractivity contribution in [3.8, 4) is 5.75 Å². The standard InChI is InChI=1S/C21H26N2O2.ClH/c1-22-15-17-11-13-23(14-12-17)21(24)19-9-7-18(8-10-19)16-25-20-5-3-2-4-6-20;/h2-10,17,22H,11-16H2,1H3;1H. The Hall–Kier alpha value is -2.04.